The Kier molecular flexibility index (Phi) is 4.77. The number of pyridine rings is 1. The number of likely N-dealkylation sites (tertiary alicyclic amines) is 1. The molecule has 0 aliphatic carbocycles. The van der Waals surface area contributed by atoms with Gasteiger partial charge in [-0.05, 0) is 56.8 Å². The highest BCUT2D eigenvalue weighted by Crippen LogP contribution is 2.25. The van der Waals surface area contributed by atoms with Crippen LogP contribution in [0.3, 0.4) is 0 Å². The summed E-state index contributed by atoms with van der Waals surface area (Å²) < 4.78 is 5.74. The minimum atomic E-state index is -0.241. The third kappa shape index (κ3) is 3.78. The van der Waals surface area contributed by atoms with Gasteiger partial charge in [-0.25, -0.2) is 0 Å². The van der Waals surface area contributed by atoms with Gasteiger partial charge < -0.3 is 14.5 Å². The molecule has 140 valence electrons. The standard InChI is InChI=1S/C20H23N5O2/c1-24-11-3-4-15(13-24)25(2)14-5-7-16(8-6-14)27-20-22-18-12-21-10-9-17(18)19(26)23-20/h5-10,12,15H,3-4,11,13H2,1-2H3,(H,22,23,26). The number of H-pyrrole nitrogens is 1. The van der Waals surface area contributed by atoms with E-state index in [0.29, 0.717) is 22.7 Å². The first-order valence-corrected chi connectivity index (χ1v) is 9.13. The SMILES string of the molecule is CN1CCCC(N(C)c2ccc(Oc3nc4cnccc4c(=O)[nH]3)cc2)C1. The molecule has 7 nitrogen and oxygen atoms in total. The fourth-order valence-corrected chi connectivity index (χ4v) is 3.54. The number of rotatable bonds is 4. The minimum Gasteiger partial charge on any atom is -0.426 e. The smallest absolute Gasteiger partial charge is 0.302 e. The summed E-state index contributed by atoms with van der Waals surface area (Å²) in [5.74, 6) is 0.624. The number of aromatic nitrogens is 3. The van der Waals surface area contributed by atoms with E-state index in [9.17, 15) is 4.79 Å². The van der Waals surface area contributed by atoms with E-state index in [-0.39, 0.29) is 11.6 Å². The minimum absolute atomic E-state index is 0.163. The maximum Gasteiger partial charge on any atom is 0.302 e. The van der Waals surface area contributed by atoms with Gasteiger partial charge in [0, 0.05) is 31.5 Å². The highest BCUT2D eigenvalue weighted by atomic mass is 16.5. The highest BCUT2D eigenvalue weighted by molar-refractivity contribution is 5.76. The number of aromatic amines is 1. The van der Waals surface area contributed by atoms with Gasteiger partial charge in [0.05, 0.1) is 17.1 Å². The lowest BCUT2D eigenvalue weighted by molar-refractivity contribution is 0.248. The average molecular weight is 365 g/mol. The Morgan fingerprint density at radius 3 is 2.85 bits per heavy atom. The molecule has 27 heavy (non-hydrogen) atoms. The molecule has 3 heterocycles. The van der Waals surface area contributed by atoms with Crippen molar-refractivity contribution in [2.75, 3.05) is 32.1 Å². The number of piperidine rings is 1. The number of benzene rings is 1. The zero-order valence-corrected chi connectivity index (χ0v) is 15.6. The fourth-order valence-electron chi connectivity index (χ4n) is 3.54. The second-order valence-corrected chi connectivity index (χ2v) is 7.03. The summed E-state index contributed by atoms with van der Waals surface area (Å²) in [7, 11) is 4.30. The first-order valence-electron chi connectivity index (χ1n) is 9.13. The van der Waals surface area contributed by atoms with Gasteiger partial charge in [0.25, 0.3) is 5.56 Å². The van der Waals surface area contributed by atoms with Crippen LogP contribution in [0.5, 0.6) is 11.8 Å². The number of nitrogens with one attached hydrogen (secondary N) is 1. The van der Waals surface area contributed by atoms with E-state index in [4.69, 9.17) is 4.74 Å². The molecule has 7 heteroatoms. The highest BCUT2D eigenvalue weighted by Gasteiger charge is 2.21. The fraction of sp³-hybridized carbons (Fsp3) is 0.350. The number of fused-ring (bicyclic) bond motifs is 1. The number of nitrogens with zero attached hydrogens (tertiary/aromatic N) is 4. The van der Waals surface area contributed by atoms with Crippen molar-refractivity contribution in [2.45, 2.75) is 18.9 Å². The van der Waals surface area contributed by atoms with Crippen molar-refractivity contribution in [1.29, 1.82) is 0 Å². The molecular weight excluding hydrogens is 342 g/mol. The van der Waals surface area contributed by atoms with Crippen LogP contribution in [0.15, 0.2) is 47.5 Å². The molecule has 1 saturated heterocycles. The molecule has 1 aromatic carbocycles. The van der Waals surface area contributed by atoms with Crippen LogP contribution in [0.2, 0.25) is 0 Å². The lowest BCUT2D eigenvalue weighted by atomic mass is 10.0. The van der Waals surface area contributed by atoms with Gasteiger partial charge in [-0.1, -0.05) is 0 Å². The van der Waals surface area contributed by atoms with E-state index in [1.54, 1.807) is 18.5 Å². The molecule has 1 aliphatic rings. The first kappa shape index (κ1) is 17.5. The Labute approximate surface area is 157 Å². The Hall–Kier alpha value is -2.93. The number of ether oxygens (including phenoxy) is 1. The predicted molar refractivity (Wildman–Crippen MR) is 106 cm³/mol. The first-order chi connectivity index (χ1) is 13.1. The molecule has 0 radical (unpaired) electrons. The van der Waals surface area contributed by atoms with E-state index < -0.39 is 0 Å². The average Bonchev–Trinajstić information content (AvgIpc) is 2.68. The van der Waals surface area contributed by atoms with Crippen molar-refractivity contribution >= 4 is 16.6 Å². The van der Waals surface area contributed by atoms with Gasteiger partial charge in [0.1, 0.15) is 5.75 Å². The van der Waals surface area contributed by atoms with Gasteiger partial charge in [-0.3, -0.25) is 14.8 Å². The van der Waals surface area contributed by atoms with E-state index >= 15 is 0 Å². The zero-order valence-electron chi connectivity index (χ0n) is 15.6. The van der Waals surface area contributed by atoms with Crippen LogP contribution in [-0.2, 0) is 0 Å². The van der Waals surface area contributed by atoms with Crippen LogP contribution in [0, 0.1) is 0 Å². The van der Waals surface area contributed by atoms with Crippen LogP contribution in [0.1, 0.15) is 12.8 Å². The summed E-state index contributed by atoms with van der Waals surface area (Å²) in [5.41, 5.74) is 1.41. The molecule has 2 aromatic heterocycles. The molecule has 3 aromatic rings. The van der Waals surface area contributed by atoms with Crippen molar-refractivity contribution in [1.82, 2.24) is 19.9 Å². The van der Waals surface area contributed by atoms with Crippen LogP contribution >= 0.6 is 0 Å². The molecule has 0 amide bonds. The molecule has 1 aliphatic heterocycles. The van der Waals surface area contributed by atoms with Crippen molar-refractivity contribution < 1.29 is 4.74 Å². The van der Waals surface area contributed by atoms with Gasteiger partial charge in [0.2, 0.25) is 0 Å². The lowest BCUT2D eigenvalue weighted by Crippen LogP contribution is -2.45. The van der Waals surface area contributed by atoms with Crippen molar-refractivity contribution in [3.63, 3.8) is 0 Å². The van der Waals surface area contributed by atoms with Crippen LogP contribution < -0.4 is 15.2 Å². The summed E-state index contributed by atoms with van der Waals surface area (Å²) in [6.45, 7) is 2.24. The second-order valence-electron chi connectivity index (χ2n) is 7.03. The Morgan fingerprint density at radius 1 is 1.26 bits per heavy atom. The van der Waals surface area contributed by atoms with Crippen LogP contribution in [-0.4, -0.2) is 53.1 Å². The number of anilines is 1. The van der Waals surface area contributed by atoms with Crippen molar-refractivity contribution in [2.24, 2.45) is 0 Å². The summed E-state index contributed by atoms with van der Waals surface area (Å²) in [5, 5.41) is 0.492. The van der Waals surface area contributed by atoms with Crippen LogP contribution in [0.25, 0.3) is 10.9 Å². The molecular formula is C20H23N5O2. The summed E-state index contributed by atoms with van der Waals surface area (Å²) in [6, 6.07) is 10.2. The third-order valence-electron chi connectivity index (χ3n) is 5.09. The molecule has 1 unspecified atom stereocenters. The molecule has 0 saturated carbocycles. The summed E-state index contributed by atoms with van der Waals surface area (Å²) in [6.07, 6.45) is 5.55. The number of hydrogen-bond acceptors (Lipinski definition) is 6. The van der Waals surface area contributed by atoms with Gasteiger partial charge >= 0.3 is 6.01 Å². The van der Waals surface area contributed by atoms with Gasteiger partial charge in [0.15, 0.2) is 0 Å². The van der Waals surface area contributed by atoms with Crippen molar-refractivity contribution in [3.05, 3.63) is 53.1 Å². The largest absolute Gasteiger partial charge is 0.426 e. The molecule has 1 N–H and O–H groups in total. The van der Waals surface area contributed by atoms with Gasteiger partial charge in [-0.15, -0.1) is 0 Å². The maximum atomic E-state index is 12.1. The predicted octanol–water partition coefficient (Wildman–Crippen LogP) is 2.64. The summed E-state index contributed by atoms with van der Waals surface area (Å²) >= 11 is 0. The third-order valence-corrected chi connectivity index (χ3v) is 5.09. The van der Waals surface area contributed by atoms with E-state index in [1.165, 1.54) is 19.4 Å². The molecule has 0 bridgehead atoms. The second kappa shape index (κ2) is 7.36. The Balaban J connectivity index is 1.50. The molecule has 0 spiro atoms. The van der Waals surface area contributed by atoms with Crippen LogP contribution in [0.4, 0.5) is 5.69 Å². The lowest BCUT2D eigenvalue weighted by Gasteiger charge is -2.37. The topological polar surface area (TPSA) is 74.3 Å². The molecule has 1 fully saturated rings. The quantitative estimate of drug-likeness (QED) is 0.766. The Bertz CT molecular complexity index is 986. The van der Waals surface area contributed by atoms with E-state index in [1.807, 2.05) is 24.3 Å². The van der Waals surface area contributed by atoms with E-state index in [0.717, 1.165) is 12.2 Å². The van der Waals surface area contributed by atoms with Crippen molar-refractivity contribution in [3.8, 4) is 11.8 Å². The molecule has 4 rings (SSSR count). The summed E-state index contributed by atoms with van der Waals surface area (Å²) in [4.78, 5) is 27.8. The van der Waals surface area contributed by atoms with E-state index in [2.05, 4.69) is 38.8 Å². The van der Waals surface area contributed by atoms with Gasteiger partial charge in [-0.2, -0.15) is 4.98 Å². The zero-order chi connectivity index (χ0) is 18.8. The normalized spacial score (nSPS) is 17.8. The monoisotopic (exact) mass is 365 g/mol. The molecule has 1 atom stereocenters. The number of hydrogen-bond donors (Lipinski definition) is 1. The Morgan fingerprint density at radius 2 is 2.07 bits per heavy atom. The maximum absolute atomic E-state index is 12.1. The number of likely N-dealkylation sites (N-methyl/N-ethyl adjacent to an activating group) is 2.